The highest BCUT2D eigenvalue weighted by molar-refractivity contribution is 5.98. The van der Waals surface area contributed by atoms with Crippen LogP contribution in [0.1, 0.15) is 23.8 Å². The van der Waals surface area contributed by atoms with Crippen molar-refractivity contribution in [3.63, 3.8) is 0 Å². The van der Waals surface area contributed by atoms with Crippen LogP contribution in [0.2, 0.25) is 0 Å². The van der Waals surface area contributed by atoms with E-state index in [9.17, 15) is 4.79 Å². The molecule has 1 atom stereocenters. The zero-order valence-electron chi connectivity index (χ0n) is 10.7. The molecule has 2 N–H and O–H groups in total. The maximum absolute atomic E-state index is 12.0. The van der Waals surface area contributed by atoms with Gasteiger partial charge in [0.05, 0.1) is 6.10 Å². The molecule has 0 aliphatic rings. The molecule has 4 heteroatoms. The molecule has 2 aromatic rings. The molecule has 1 amide bonds. The van der Waals surface area contributed by atoms with Gasteiger partial charge in [0.25, 0.3) is 5.91 Å². The number of rotatable bonds is 4. The Morgan fingerprint density at radius 1 is 1.44 bits per heavy atom. The van der Waals surface area contributed by atoms with Crippen LogP contribution >= 0.6 is 0 Å². The molecule has 2 rings (SSSR count). The number of nitrogens with zero attached hydrogens (tertiary/aromatic N) is 1. The molecule has 1 aromatic carbocycles. The lowest BCUT2D eigenvalue weighted by Gasteiger charge is -2.07. The Balaban J connectivity index is 2.15. The van der Waals surface area contributed by atoms with Gasteiger partial charge in [-0.3, -0.25) is 4.79 Å². The monoisotopic (exact) mass is 246 g/mol. The molecule has 1 heterocycles. The van der Waals surface area contributed by atoms with Gasteiger partial charge >= 0.3 is 0 Å². The number of carbonyl (C=O) groups excluding carboxylic acids is 1. The van der Waals surface area contributed by atoms with Crippen LogP contribution in [0.15, 0.2) is 30.3 Å². The summed E-state index contributed by atoms with van der Waals surface area (Å²) in [7, 11) is 1.88. The average Bonchev–Trinajstić information content (AvgIpc) is 2.67. The summed E-state index contributed by atoms with van der Waals surface area (Å²) in [5.74, 6) is -0.102. The maximum Gasteiger partial charge on any atom is 0.267 e. The first-order valence-electron chi connectivity index (χ1n) is 6.10. The summed E-state index contributed by atoms with van der Waals surface area (Å²) in [6.45, 7) is 2.20. The molecule has 0 fully saturated rings. The van der Waals surface area contributed by atoms with Gasteiger partial charge in [-0.1, -0.05) is 18.2 Å². The first kappa shape index (κ1) is 12.6. The predicted molar refractivity (Wildman–Crippen MR) is 71.6 cm³/mol. The van der Waals surface area contributed by atoms with Crippen LogP contribution in [0.4, 0.5) is 0 Å². The van der Waals surface area contributed by atoms with Crippen molar-refractivity contribution in [2.24, 2.45) is 7.05 Å². The van der Waals surface area contributed by atoms with Crippen molar-refractivity contribution in [3.05, 3.63) is 36.0 Å². The minimum Gasteiger partial charge on any atom is -0.393 e. The van der Waals surface area contributed by atoms with Crippen LogP contribution < -0.4 is 5.32 Å². The number of aromatic nitrogens is 1. The van der Waals surface area contributed by atoms with Crippen LogP contribution in [-0.2, 0) is 7.05 Å². The third kappa shape index (κ3) is 2.54. The molecule has 0 aliphatic heterocycles. The predicted octanol–water partition coefficient (Wildman–Crippen LogP) is 1.68. The number of aliphatic hydroxyl groups is 1. The van der Waals surface area contributed by atoms with E-state index in [1.54, 1.807) is 6.92 Å². The van der Waals surface area contributed by atoms with Gasteiger partial charge in [0.1, 0.15) is 5.69 Å². The Morgan fingerprint density at radius 2 is 2.17 bits per heavy atom. The van der Waals surface area contributed by atoms with E-state index in [-0.39, 0.29) is 5.91 Å². The van der Waals surface area contributed by atoms with Crippen molar-refractivity contribution in [1.29, 1.82) is 0 Å². The Labute approximate surface area is 106 Å². The second-order valence-corrected chi connectivity index (χ2v) is 4.54. The molecule has 0 aliphatic carbocycles. The van der Waals surface area contributed by atoms with Crippen molar-refractivity contribution in [2.45, 2.75) is 19.4 Å². The summed E-state index contributed by atoms with van der Waals surface area (Å²) < 4.78 is 1.88. The molecular formula is C14H18N2O2. The number of benzene rings is 1. The molecule has 0 saturated carbocycles. The van der Waals surface area contributed by atoms with Gasteiger partial charge in [-0.2, -0.15) is 0 Å². The first-order chi connectivity index (χ1) is 8.59. The first-order valence-corrected chi connectivity index (χ1v) is 6.10. The van der Waals surface area contributed by atoms with Crippen LogP contribution in [0, 0.1) is 0 Å². The fraction of sp³-hybridized carbons (Fsp3) is 0.357. The van der Waals surface area contributed by atoms with Crippen LogP contribution in [-0.4, -0.2) is 28.2 Å². The Morgan fingerprint density at radius 3 is 2.83 bits per heavy atom. The van der Waals surface area contributed by atoms with E-state index in [1.165, 1.54) is 0 Å². The molecule has 18 heavy (non-hydrogen) atoms. The topological polar surface area (TPSA) is 54.3 Å². The normalized spacial score (nSPS) is 12.6. The minimum atomic E-state index is -0.391. The Kier molecular flexibility index (Phi) is 3.67. The van der Waals surface area contributed by atoms with E-state index in [1.807, 2.05) is 41.9 Å². The van der Waals surface area contributed by atoms with Crippen LogP contribution in [0.25, 0.3) is 10.9 Å². The number of hydrogen-bond acceptors (Lipinski definition) is 2. The van der Waals surface area contributed by atoms with Gasteiger partial charge in [0.2, 0.25) is 0 Å². The van der Waals surface area contributed by atoms with E-state index in [0.29, 0.717) is 18.7 Å². The lowest BCUT2D eigenvalue weighted by molar-refractivity contribution is 0.0938. The van der Waals surface area contributed by atoms with Crippen molar-refractivity contribution in [3.8, 4) is 0 Å². The van der Waals surface area contributed by atoms with Gasteiger partial charge < -0.3 is 15.0 Å². The third-order valence-corrected chi connectivity index (χ3v) is 3.03. The van der Waals surface area contributed by atoms with Gasteiger partial charge in [0, 0.05) is 24.5 Å². The summed E-state index contributed by atoms with van der Waals surface area (Å²) in [5, 5.41) is 13.0. The zero-order chi connectivity index (χ0) is 13.1. The molecule has 0 radical (unpaired) electrons. The number of fused-ring (bicyclic) bond motifs is 1. The van der Waals surface area contributed by atoms with E-state index >= 15 is 0 Å². The van der Waals surface area contributed by atoms with Crippen molar-refractivity contribution >= 4 is 16.8 Å². The second-order valence-electron chi connectivity index (χ2n) is 4.54. The summed E-state index contributed by atoms with van der Waals surface area (Å²) >= 11 is 0. The van der Waals surface area contributed by atoms with E-state index in [2.05, 4.69) is 5.32 Å². The Bertz CT molecular complexity index is 558. The summed E-state index contributed by atoms with van der Waals surface area (Å²) in [6, 6.07) is 9.77. The Hall–Kier alpha value is -1.81. The lowest BCUT2D eigenvalue weighted by atomic mass is 10.2. The fourth-order valence-electron chi connectivity index (χ4n) is 1.99. The molecule has 96 valence electrons. The standard InChI is InChI=1S/C14H18N2O2/c1-10(17)7-8-15-14(18)13-9-11-5-3-4-6-12(11)16(13)2/h3-6,9-10,17H,7-8H2,1-2H3,(H,15,18). The number of aliphatic hydroxyl groups excluding tert-OH is 1. The number of carbonyl (C=O) groups is 1. The number of amides is 1. The summed E-state index contributed by atoms with van der Waals surface area (Å²) in [5.41, 5.74) is 1.68. The van der Waals surface area contributed by atoms with Gasteiger partial charge in [-0.05, 0) is 25.5 Å². The quantitative estimate of drug-likeness (QED) is 0.862. The molecule has 4 nitrogen and oxygen atoms in total. The van der Waals surface area contributed by atoms with Gasteiger partial charge in [0.15, 0.2) is 0 Å². The molecule has 0 spiro atoms. The van der Waals surface area contributed by atoms with Crippen LogP contribution in [0.3, 0.4) is 0 Å². The van der Waals surface area contributed by atoms with E-state index < -0.39 is 6.10 Å². The van der Waals surface area contributed by atoms with E-state index in [4.69, 9.17) is 5.11 Å². The molecule has 1 unspecified atom stereocenters. The number of hydrogen-bond donors (Lipinski definition) is 2. The largest absolute Gasteiger partial charge is 0.393 e. The number of para-hydroxylation sites is 1. The zero-order valence-corrected chi connectivity index (χ0v) is 10.7. The average molecular weight is 246 g/mol. The van der Waals surface area contributed by atoms with E-state index in [0.717, 1.165) is 10.9 Å². The highest BCUT2D eigenvalue weighted by Gasteiger charge is 2.12. The molecule has 0 bridgehead atoms. The van der Waals surface area contributed by atoms with Crippen molar-refractivity contribution in [2.75, 3.05) is 6.54 Å². The molecule has 0 saturated heterocycles. The second kappa shape index (κ2) is 5.23. The minimum absolute atomic E-state index is 0.102. The third-order valence-electron chi connectivity index (χ3n) is 3.03. The van der Waals surface area contributed by atoms with Crippen molar-refractivity contribution in [1.82, 2.24) is 9.88 Å². The molecule has 1 aromatic heterocycles. The number of aryl methyl sites for hydroxylation is 1. The maximum atomic E-state index is 12.0. The SMILES string of the molecule is CC(O)CCNC(=O)c1cc2ccccc2n1C. The summed E-state index contributed by atoms with van der Waals surface area (Å²) in [4.78, 5) is 12.0. The molecular weight excluding hydrogens is 228 g/mol. The van der Waals surface area contributed by atoms with Gasteiger partial charge in [-0.25, -0.2) is 0 Å². The van der Waals surface area contributed by atoms with Gasteiger partial charge in [-0.15, -0.1) is 0 Å². The fourth-order valence-corrected chi connectivity index (χ4v) is 1.99. The lowest BCUT2D eigenvalue weighted by Crippen LogP contribution is -2.28. The highest BCUT2D eigenvalue weighted by Crippen LogP contribution is 2.17. The smallest absolute Gasteiger partial charge is 0.267 e. The number of nitrogens with one attached hydrogen (secondary N) is 1. The van der Waals surface area contributed by atoms with Crippen LogP contribution in [0.5, 0.6) is 0 Å². The van der Waals surface area contributed by atoms with Crippen molar-refractivity contribution < 1.29 is 9.90 Å². The highest BCUT2D eigenvalue weighted by atomic mass is 16.3. The summed E-state index contributed by atoms with van der Waals surface area (Å²) in [6.07, 6.45) is 0.174.